The predicted octanol–water partition coefficient (Wildman–Crippen LogP) is 5.51. The summed E-state index contributed by atoms with van der Waals surface area (Å²) < 4.78 is 1.61. The molecule has 0 unspecified atom stereocenters. The molecule has 0 saturated carbocycles. The van der Waals surface area contributed by atoms with Crippen molar-refractivity contribution in [3.63, 3.8) is 0 Å². The predicted molar refractivity (Wildman–Crippen MR) is 124 cm³/mol. The number of carbonyl (C=O) groups excluding carboxylic acids is 1. The Morgan fingerprint density at radius 3 is 2.77 bits per heavy atom. The van der Waals surface area contributed by atoms with Crippen LogP contribution in [0.4, 0.5) is 0 Å². The topological polar surface area (TPSA) is 72.2 Å². The third-order valence-electron chi connectivity index (χ3n) is 4.54. The average molecular weight is 473 g/mol. The summed E-state index contributed by atoms with van der Waals surface area (Å²) in [6.45, 7) is 2.40. The Morgan fingerprint density at radius 1 is 1.13 bits per heavy atom. The number of fused-ring (bicyclic) bond motifs is 1. The third kappa shape index (κ3) is 5.05. The molecule has 0 aliphatic heterocycles. The monoisotopic (exact) mass is 471 g/mol. The van der Waals surface area contributed by atoms with E-state index in [2.05, 4.69) is 20.6 Å². The first-order chi connectivity index (χ1) is 14.9. The Labute approximate surface area is 193 Å². The van der Waals surface area contributed by atoms with E-state index in [-0.39, 0.29) is 5.69 Å². The van der Waals surface area contributed by atoms with Crippen molar-refractivity contribution in [2.45, 2.75) is 13.5 Å². The van der Waals surface area contributed by atoms with Crippen LogP contribution in [0.2, 0.25) is 15.2 Å². The molecule has 4 aromatic rings. The van der Waals surface area contributed by atoms with Crippen molar-refractivity contribution >= 4 is 57.8 Å². The first-order valence-electron chi connectivity index (χ1n) is 9.27. The maximum absolute atomic E-state index is 12.4. The molecule has 0 aliphatic rings. The van der Waals surface area contributed by atoms with E-state index in [9.17, 15) is 4.79 Å². The highest BCUT2D eigenvalue weighted by Gasteiger charge is 2.10. The largest absolute Gasteiger partial charge is 0.291 e. The molecule has 2 heterocycles. The first-order valence-corrected chi connectivity index (χ1v) is 10.4. The first kappa shape index (κ1) is 21.3. The number of aryl methyl sites for hydroxylation is 1. The molecule has 1 amide bonds. The summed E-state index contributed by atoms with van der Waals surface area (Å²) in [4.78, 5) is 16.7. The van der Waals surface area contributed by atoms with Crippen LogP contribution in [0.15, 0.2) is 59.8 Å². The number of amides is 1. The van der Waals surface area contributed by atoms with Crippen molar-refractivity contribution < 1.29 is 4.79 Å². The highest BCUT2D eigenvalue weighted by atomic mass is 35.5. The van der Waals surface area contributed by atoms with Crippen LogP contribution in [0.3, 0.4) is 0 Å². The van der Waals surface area contributed by atoms with Crippen molar-refractivity contribution in [2.75, 3.05) is 0 Å². The molecule has 6 nitrogen and oxygen atoms in total. The number of aromatic nitrogens is 3. The van der Waals surface area contributed by atoms with Gasteiger partial charge < -0.3 is 0 Å². The molecule has 4 rings (SSSR count). The standard InChI is InChI=1S/C22H16Cl3N5O/c1-13-2-3-14-9-16(21(25)27-20(14)8-13)11-26-28-22(31)19-6-7-30(29-19)12-15-4-5-17(23)10-18(15)24/h2-11H,12H2,1H3,(H,28,31)/b26-11-. The van der Waals surface area contributed by atoms with Gasteiger partial charge in [0.25, 0.3) is 5.91 Å². The SMILES string of the molecule is Cc1ccc2cc(/C=N\NC(=O)c3ccn(Cc4ccc(Cl)cc4Cl)n3)c(Cl)nc2c1. The average Bonchev–Trinajstić information content (AvgIpc) is 3.19. The number of rotatable bonds is 5. The van der Waals surface area contributed by atoms with Gasteiger partial charge in [0.1, 0.15) is 5.15 Å². The lowest BCUT2D eigenvalue weighted by Crippen LogP contribution is -2.18. The van der Waals surface area contributed by atoms with Crippen LogP contribution in [0.1, 0.15) is 27.2 Å². The van der Waals surface area contributed by atoms with Crippen molar-refractivity contribution in [2.24, 2.45) is 5.10 Å². The second-order valence-electron chi connectivity index (χ2n) is 6.90. The summed E-state index contributed by atoms with van der Waals surface area (Å²) in [6, 6.07) is 14.6. The zero-order valence-corrected chi connectivity index (χ0v) is 18.6. The molecule has 0 radical (unpaired) electrons. The van der Waals surface area contributed by atoms with Gasteiger partial charge in [-0.05, 0) is 48.4 Å². The van der Waals surface area contributed by atoms with E-state index in [1.54, 1.807) is 29.1 Å². The lowest BCUT2D eigenvalue weighted by molar-refractivity contribution is 0.0949. The Balaban J connectivity index is 1.43. The van der Waals surface area contributed by atoms with Crippen LogP contribution < -0.4 is 5.43 Å². The lowest BCUT2D eigenvalue weighted by Gasteiger charge is -2.05. The summed E-state index contributed by atoms with van der Waals surface area (Å²) in [5.74, 6) is -0.447. The van der Waals surface area contributed by atoms with Gasteiger partial charge in [0.05, 0.1) is 18.3 Å². The molecule has 0 aliphatic carbocycles. The Kier molecular flexibility index (Phi) is 6.23. The van der Waals surface area contributed by atoms with E-state index >= 15 is 0 Å². The number of pyridine rings is 1. The second-order valence-corrected chi connectivity index (χ2v) is 8.10. The number of hydrogen-bond acceptors (Lipinski definition) is 4. The van der Waals surface area contributed by atoms with Crippen LogP contribution in [-0.4, -0.2) is 26.9 Å². The number of nitrogens with zero attached hydrogens (tertiary/aromatic N) is 4. The normalized spacial score (nSPS) is 11.4. The smallest absolute Gasteiger partial charge is 0.267 e. The molecule has 2 aromatic heterocycles. The van der Waals surface area contributed by atoms with Crippen LogP contribution in [0, 0.1) is 6.92 Å². The van der Waals surface area contributed by atoms with E-state index in [4.69, 9.17) is 34.8 Å². The highest BCUT2D eigenvalue weighted by molar-refractivity contribution is 6.35. The Hall–Kier alpha value is -2.93. The van der Waals surface area contributed by atoms with E-state index in [0.717, 1.165) is 22.0 Å². The van der Waals surface area contributed by atoms with Gasteiger partial charge in [0.15, 0.2) is 5.69 Å². The molecular weight excluding hydrogens is 457 g/mol. The minimum atomic E-state index is -0.447. The van der Waals surface area contributed by atoms with Gasteiger partial charge in [-0.25, -0.2) is 10.4 Å². The molecule has 0 spiro atoms. The fraction of sp³-hybridized carbons (Fsp3) is 0.0909. The highest BCUT2D eigenvalue weighted by Crippen LogP contribution is 2.22. The van der Waals surface area contributed by atoms with Crippen molar-refractivity contribution in [1.29, 1.82) is 0 Å². The maximum atomic E-state index is 12.4. The zero-order valence-electron chi connectivity index (χ0n) is 16.3. The molecule has 156 valence electrons. The van der Waals surface area contributed by atoms with Crippen molar-refractivity contribution in [3.8, 4) is 0 Å². The molecule has 0 atom stereocenters. The number of benzene rings is 2. The molecule has 1 N–H and O–H groups in total. The summed E-state index contributed by atoms with van der Waals surface area (Å²) in [5, 5.41) is 10.6. The third-order valence-corrected chi connectivity index (χ3v) is 5.43. The number of nitrogens with one attached hydrogen (secondary N) is 1. The van der Waals surface area contributed by atoms with Crippen molar-refractivity contribution in [1.82, 2.24) is 20.2 Å². The van der Waals surface area contributed by atoms with E-state index in [1.807, 2.05) is 37.3 Å². The molecule has 31 heavy (non-hydrogen) atoms. The number of hydrazone groups is 1. The molecule has 0 bridgehead atoms. The van der Waals surface area contributed by atoms with Crippen LogP contribution in [-0.2, 0) is 6.54 Å². The zero-order chi connectivity index (χ0) is 22.0. The molecule has 0 fully saturated rings. The van der Waals surface area contributed by atoms with Crippen molar-refractivity contribution in [3.05, 3.63) is 92.3 Å². The van der Waals surface area contributed by atoms with Gasteiger partial charge in [0.2, 0.25) is 0 Å². The molecule has 0 saturated heterocycles. The minimum Gasteiger partial charge on any atom is -0.267 e. The van der Waals surface area contributed by atoms with Gasteiger partial charge in [-0.15, -0.1) is 0 Å². The van der Waals surface area contributed by atoms with E-state index in [1.165, 1.54) is 6.21 Å². The lowest BCUT2D eigenvalue weighted by atomic mass is 10.1. The van der Waals surface area contributed by atoms with Gasteiger partial charge in [0, 0.05) is 27.2 Å². The van der Waals surface area contributed by atoms with Gasteiger partial charge in [-0.2, -0.15) is 10.2 Å². The molecular formula is C22H16Cl3N5O. The number of hydrogen-bond donors (Lipinski definition) is 1. The quantitative estimate of drug-likeness (QED) is 0.236. The van der Waals surface area contributed by atoms with Crippen LogP contribution >= 0.6 is 34.8 Å². The fourth-order valence-electron chi connectivity index (χ4n) is 2.97. The van der Waals surface area contributed by atoms with E-state index in [0.29, 0.717) is 27.3 Å². The summed E-state index contributed by atoms with van der Waals surface area (Å²) in [5.41, 5.74) is 6.02. The van der Waals surface area contributed by atoms with Gasteiger partial charge >= 0.3 is 0 Å². The fourth-order valence-corrected chi connectivity index (χ4v) is 3.64. The van der Waals surface area contributed by atoms with Crippen LogP contribution in [0.25, 0.3) is 10.9 Å². The van der Waals surface area contributed by atoms with Crippen LogP contribution in [0.5, 0.6) is 0 Å². The van der Waals surface area contributed by atoms with Gasteiger partial charge in [-0.3, -0.25) is 9.48 Å². The molecule has 9 heteroatoms. The van der Waals surface area contributed by atoms with Gasteiger partial charge in [-0.1, -0.05) is 53.0 Å². The van der Waals surface area contributed by atoms with E-state index < -0.39 is 5.91 Å². The maximum Gasteiger partial charge on any atom is 0.291 e. The Bertz CT molecular complexity index is 1320. The minimum absolute atomic E-state index is 0.223. The summed E-state index contributed by atoms with van der Waals surface area (Å²) >= 11 is 18.4. The number of carbonyl (C=O) groups is 1. The second kappa shape index (κ2) is 9.06. The molecule has 2 aromatic carbocycles. The Morgan fingerprint density at radius 2 is 1.97 bits per heavy atom. The summed E-state index contributed by atoms with van der Waals surface area (Å²) in [7, 11) is 0. The summed E-state index contributed by atoms with van der Waals surface area (Å²) in [6.07, 6.45) is 3.15. The number of halogens is 3.